The molecule has 1 aromatic heterocycles. The van der Waals surface area contributed by atoms with Crippen molar-refractivity contribution in [3.05, 3.63) is 41.1 Å². The molecule has 4 rings (SSSR count). The highest BCUT2D eigenvalue weighted by atomic mass is 16.5. The van der Waals surface area contributed by atoms with Crippen molar-refractivity contribution in [3.8, 4) is 23.0 Å². The van der Waals surface area contributed by atoms with Crippen molar-refractivity contribution in [1.82, 2.24) is 9.88 Å². The number of carbonyl (C=O) groups is 2. The number of aromatic nitrogens is 1. The fraction of sp³-hybridized carbons (Fsp3) is 0.385. The summed E-state index contributed by atoms with van der Waals surface area (Å²) < 4.78 is 26.8. The Bertz CT molecular complexity index is 1280. The first-order valence-electron chi connectivity index (χ1n) is 11.6. The van der Waals surface area contributed by atoms with Crippen molar-refractivity contribution in [2.24, 2.45) is 0 Å². The number of hydrogen-bond donors (Lipinski definition) is 2. The highest BCUT2D eigenvalue weighted by molar-refractivity contribution is 6.11. The van der Waals surface area contributed by atoms with E-state index in [2.05, 4.69) is 10.3 Å². The summed E-state index contributed by atoms with van der Waals surface area (Å²) in [6.07, 6.45) is 0.779. The number of ether oxygens (including phenoxy) is 5. The van der Waals surface area contributed by atoms with E-state index in [1.165, 1.54) is 19.8 Å². The van der Waals surface area contributed by atoms with Crippen LogP contribution in [-0.2, 0) is 22.5 Å². The lowest BCUT2D eigenvalue weighted by atomic mass is 9.99. The van der Waals surface area contributed by atoms with E-state index in [9.17, 15) is 9.59 Å². The number of amides is 1. The quantitative estimate of drug-likeness (QED) is 0.433. The minimum Gasteiger partial charge on any atom is -0.493 e. The lowest BCUT2D eigenvalue weighted by Crippen LogP contribution is -2.37. The first kappa shape index (κ1) is 25.2. The van der Waals surface area contributed by atoms with Crippen molar-refractivity contribution in [1.29, 1.82) is 0 Å². The number of anilines is 1. The van der Waals surface area contributed by atoms with Gasteiger partial charge in [0.2, 0.25) is 5.91 Å². The Morgan fingerprint density at radius 1 is 0.917 bits per heavy atom. The second-order valence-corrected chi connectivity index (χ2v) is 8.33. The molecule has 0 atom stereocenters. The monoisotopic (exact) mass is 497 g/mol. The summed E-state index contributed by atoms with van der Waals surface area (Å²) in [5.41, 5.74) is 3.38. The number of fused-ring (bicyclic) bond motifs is 2. The summed E-state index contributed by atoms with van der Waals surface area (Å²) in [7, 11) is 6.28. The minimum atomic E-state index is -0.560. The Balaban J connectivity index is 1.58. The molecule has 2 aromatic carbocycles. The fourth-order valence-corrected chi connectivity index (χ4v) is 4.47. The number of nitrogens with one attached hydrogen (secondary N) is 2. The zero-order valence-electron chi connectivity index (χ0n) is 21.1. The van der Waals surface area contributed by atoms with E-state index >= 15 is 0 Å². The number of methoxy groups -OCH3 is 4. The van der Waals surface area contributed by atoms with Crippen LogP contribution in [0.3, 0.4) is 0 Å². The van der Waals surface area contributed by atoms with Crippen LogP contribution in [0.5, 0.6) is 23.0 Å². The molecule has 0 radical (unpaired) electrons. The van der Waals surface area contributed by atoms with Crippen molar-refractivity contribution in [2.45, 2.75) is 19.9 Å². The lowest BCUT2D eigenvalue weighted by Gasteiger charge is -2.29. The number of benzene rings is 2. The van der Waals surface area contributed by atoms with Crippen LogP contribution in [0.15, 0.2) is 24.3 Å². The third-order valence-electron chi connectivity index (χ3n) is 6.21. The maximum Gasteiger partial charge on any atom is 0.356 e. The molecule has 0 unspecified atom stereocenters. The molecular formula is C26H31N3O7. The molecule has 192 valence electrons. The molecule has 36 heavy (non-hydrogen) atoms. The maximum atomic E-state index is 13.1. The molecule has 10 heteroatoms. The topological polar surface area (TPSA) is 111 Å². The van der Waals surface area contributed by atoms with Gasteiger partial charge in [-0.05, 0) is 42.7 Å². The molecule has 0 fully saturated rings. The van der Waals surface area contributed by atoms with E-state index in [4.69, 9.17) is 23.7 Å². The van der Waals surface area contributed by atoms with Crippen LogP contribution >= 0.6 is 0 Å². The van der Waals surface area contributed by atoms with Crippen LogP contribution in [0.1, 0.15) is 28.5 Å². The molecule has 1 aliphatic rings. The highest BCUT2D eigenvalue weighted by Gasteiger charge is 2.25. The number of H-pyrrole nitrogens is 1. The second-order valence-electron chi connectivity index (χ2n) is 8.33. The number of aromatic amines is 1. The molecule has 0 saturated heterocycles. The van der Waals surface area contributed by atoms with Crippen molar-refractivity contribution >= 4 is 28.5 Å². The van der Waals surface area contributed by atoms with E-state index in [0.717, 1.165) is 12.0 Å². The summed E-state index contributed by atoms with van der Waals surface area (Å²) in [4.78, 5) is 30.9. The molecule has 2 N–H and O–H groups in total. The predicted octanol–water partition coefficient (Wildman–Crippen LogP) is 3.38. The van der Waals surface area contributed by atoms with E-state index in [0.29, 0.717) is 52.7 Å². The zero-order chi connectivity index (χ0) is 25.8. The van der Waals surface area contributed by atoms with E-state index < -0.39 is 5.97 Å². The van der Waals surface area contributed by atoms with Crippen LogP contribution in [-0.4, -0.2) is 69.9 Å². The van der Waals surface area contributed by atoms with Gasteiger partial charge < -0.3 is 34.0 Å². The number of nitrogens with zero attached hydrogens (tertiary/aromatic N) is 1. The van der Waals surface area contributed by atoms with Crippen LogP contribution in [0, 0.1) is 0 Å². The summed E-state index contributed by atoms with van der Waals surface area (Å²) in [5.74, 6) is 1.52. The van der Waals surface area contributed by atoms with Gasteiger partial charge in [-0.2, -0.15) is 0 Å². The molecule has 3 aromatic rings. The van der Waals surface area contributed by atoms with Crippen molar-refractivity contribution < 1.29 is 33.3 Å². The third-order valence-corrected chi connectivity index (χ3v) is 6.21. The molecule has 0 aliphatic carbocycles. The van der Waals surface area contributed by atoms with Crippen LogP contribution in [0.2, 0.25) is 0 Å². The maximum absolute atomic E-state index is 13.1. The molecule has 0 spiro atoms. The van der Waals surface area contributed by atoms with Gasteiger partial charge in [0, 0.05) is 24.5 Å². The summed E-state index contributed by atoms with van der Waals surface area (Å²) in [6, 6.07) is 7.39. The standard InChI is InChI=1S/C26H31N3O7/c1-6-36-26(31)25-24(17-11-21(34-4)22(35-5)12-18(17)27-25)28-23(30)14-29-8-7-15-9-19(32-2)20(33-3)10-16(15)13-29/h9-12,27H,6-8,13-14H2,1-5H3,(H,28,30). The zero-order valence-corrected chi connectivity index (χ0v) is 21.1. The van der Waals surface area contributed by atoms with Gasteiger partial charge in [-0.25, -0.2) is 4.79 Å². The molecule has 0 saturated carbocycles. The number of hydrogen-bond acceptors (Lipinski definition) is 8. The summed E-state index contributed by atoms with van der Waals surface area (Å²) >= 11 is 0. The average Bonchev–Trinajstić information content (AvgIpc) is 3.23. The first-order valence-corrected chi connectivity index (χ1v) is 11.6. The van der Waals surface area contributed by atoms with Gasteiger partial charge in [0.25, 0.3) is 0 Å². The Kier molecular flexibility index (Phi) is 7.54. The Morgan fingerprint density at radius 2 is 1.53 bits per heavy atom. The Morgan fingerprint density at radius 3 is 2.17 bits per heavy atom. The SMILES string of the molecule is CCOC(=O)c1[nH]c2cc(OC)c(OC)cc2c1NC(=O)CN1CCc2cc(OC)c(OC)cc2C1. The van der Waals surface area contributed by atoms with E-state index in [-0.39, 0.29) is 24.8 Å². The molecule has 10 nitrogen and oxygen atoms in total. The fourth-order valence-electron chi connectivity index (χ4n) is 4.47. The first-order chi connectivity index (χ1) is 17.4. The van der Waals surface area contributed by atoms with Gasteiger partial charge in [-0.3, -0.25) is 9.69 Å². The van der Waals surface area contributed by atoms with Gasteiger partial charge in [0.05, 0.1) is 52.8 Å². The molecular weight excluding hydrogens is 466 g/mol. The second kappa shape index (κ2) is 10.8. The normalized spacial score (nSPS) is 13.1. The van der Waals surface area contributed by atoms with Gasteiger partial charge in [-0.15, -0.1) is 0 Å². The van der Waals surface area contributed by atoms with E-state index in [1.807, 2.05) is 17.0 Å². The highest BCUT2D eigenvalue weighted by Crippen LogP contribution is 2.38. The van der Waals surface area contributed by atoms with Gasteiger partial charge in [0.15, 0.2) is 23.0 Å². The Hall–Kier alpha value is -3.92. The molecule has 2 heterocycles. The van der Waals surface area contributed by atoms with Gasteiger partial charge >= 0.3 is 5.97 Å². The van der Waals surface area contributed by atoms with Crippen LogP contribution in [0.4, 0.5) is 5.69 Å². The van der Waals surface area contributed by atoms with Crippen LogP contribution in [0.25, 0.3) is 10.9 Å². The number of carbonyl (C=O) groups excluding carboxylic acids is 2. The van der Waals surface area contributed by atoms with Crippen LogP contribution < -0.4 is 24.3 Å². The number of rotatable bonds is 9. The summed E-state index contributed by atoms with van der Waals surface area (Å²) in [5, 5.41) is 3.54. The largest absolute Gasteiger partial charge is 0.493 e. The number of esters is 1. The molecule has 0 bridgehead atoms. The summed E-state index contributed by atoms with van der Waals surface area (Å²) in [6.45, 7) is 3.38. The predicted molar refractivity (Wildman–Crippen MR) is 135 cm³/mol. The van der Waals surface area contributed by atoms with Crippen molar-refractivity contribution in [3.63, 3.8) is 0 Å². The smallest absolute Gasteiger partial charge is 0.356 e. The van der Waals surface area contributed by atoms with Gasteiger partial charge in [0.1, 0.15) is 5.69 Å². The third kappa shape index (κ3) is 4.90. The van der Waals surface area contributed by atoms with Crippen molar-refractivity contribution in [2.75, 3.05) is 53.5 Å². The lowest BCUT2D eigenvalue weighted by molar-refractivity contribution is -0.117. The minimum absolute atomic E-state index is 0.149. The van der Waals surface area contributed by atoms with E-state index in [1.54, 1.807) is 33.3 Å². The Labute approximate surface area is 209 Å². The average molecular weight is 498 g/mol. The van der Waals surface area contributed by atoms with Gasteiger partial charge in [-0.1, -0.05) is 0 Å². The molecule has 1 amide bonds. The molecule has 1 aliphatic heterocycles.